The molecule has 3 aromatic carbocycles. The van der Waals surface area contributed by atoms with Crippen LogP contribution in [0.2, 0.25) is 0 Å². The third-order valence-electron chi connectivity index (χ3n) is 7.88. The quantitative estimate of drug-likeness (QED) is 0.283. The van der Waals surface area contributed by atoms with Crippen LogP contribution in [0.4, 0.5) is 0 Å². The molecule has 3 heterocycles. The Balaban J connectivity index is 1.16. The van der Waals surface area contributed by atoms with Crippen molar-refractivity contribution in [2.45, 2.75) is 24.8 Å². The molecular formula is C34H27N3O5. The molecule has 0 atom stereocenters. The van der Waals surface area contributed by atoms with Gasteiger partial charge in [0.25, 0.3) is 11.8 Å². The first-order chi connectivity index (χ1) is 20.3. The Kier molecular flexibility index (Phi) is 6.93. The molecule has 4 aromatic rings. The van der Waals surface area contributed by atoms with Crippen molar-refractivity contribution >= 4 is 23.5 Å². The largest absolute Gasteiger partial charge is 0.443 e. The summed E-state index contributed by atoms with van der Waals surface area (Å²) in [5.41, 5.74) is 8.24. The van der Waals surface area contributed by atoms with Gasteiger partial charge >= 0.3 is 0 Å². The van der Waals surface area contributed by atoms with Crippen molar-refractivity contribution in [2.24, 2.45) is 5.73 Å². The minimum Gasteiger partial charge on any atom is -0.443 e. The summed E-state index contributed by atoms with van der Waals surface area (Å²) in [5.74, 6) is 5.31. The van der Waals surface area contributed by atoms with E-state index in [9.17, 15) is 19.2 Å². The molecule has 3 N–H and O–H groups in total. The monoisotopic (exact) mass is 557 g/mol. The number of carbonyl (C=O) groups is 4. The first-order valence-electron chi connectivity index (χ1n) is 13.7. The van der Waals surface area contributed by atoms with Crippen LogP contribution in [0.5, 0.6) is 0 Å². The summed E-state index contributed by atoms with van der Waals surface area (Å²) in [6.45, 7) is 0.832. The van der Waals surface area contributed by atoms with E-state index in [2.05, 4.69) is 17.2 Å². The molecule has 208 valence electrons. The summed E-state index contributed by atoms with van der Waals surface area (Å²) in [7, 11) is 0. The summed E-state index contributed by atoms with van der Waals surface area (Å²) in [4.78, 5) is 52.7. The summed E-state index contributed by atoms with van der Waals surface area (Å²) >= 11 is 0. The van der Waals surface area contributed by atoms with E-state index < -0.39 is 11.4 Å². The van der Waals surface area contributed by atoms with E-state index in [1.807, 2.05) is 36.4 Å². The molecule has 1 saturated heterocycles. The summed E-state index contributed by atoms with van der Waals surface area (Å²) < 4.78 is 5.73. The van der Waals surface area contributed by atoms with Gasteiger partial charge in [0.1, 0.15) is 0 Å². The molecule has 2 aliphatic heterocycles. The van der Waals surface area contributed by atoms with Gasteiger partial charge in [-0.3, -0.25) is 19.2 Å². The van der Waals surface area contributed by atoms with Crippen molar-refractivity contribution in [3.05, 3.63) is 130 Å². The molecule has 6 rings (SSSR count). The first-order valence-corrected chi connectivity index (χ1v) is 13.7. The molecule has 1 aromatic heterocycles. The van der Waals surface area contributed by atoms with Crippen molar-refractivity contribution in [3.8, 4) is 11.8 Å². The molecule has 2 aliphatic rings. The maximum absolute atomic E-state index is 13.2. The number of likely N-dealkylation sites (tertiary alicyclic amines) is 1. The lowest BCUT2D eigenvalue weighted by atomic mass is 9.80. The van der Waals surface area contributed by atoms with Gasteiger partial charge < -0.3 is 20.4 Å². The number of piperidine rings is 1. The van der Waals surface area contributed by atoms with Gasteiger partial charge in [-0.1, -0.05) is 54.5 Å². The van der Waals surface area contributed by atoms with Crippen LogP contribution in [-0.4, -0.2) is 41.5 Å². The van der Waals surface area contributed by atoms with Gasteiger partial charge in [0.15, 0.2) is 17.3 Å². The van der Waals surface area contributed by atoms with Crippen molar-refractivity contribution in [1.82, 2.24) is 10.2 Å². The number of furan rings is 1. The number of amides is 3. The van der Waals surface area contributed by atoms with Gasteiger partial charge in [-0.25, -0.2) is 0 Å². The van der Waals surface area contributed by atoms with Gasteiger partial charge in [0.2, 0.25) is 5.91 Å². The highest BCUT2D eigenvalue weighted by Gasteiger charge is 2.45. The Morgan fingerprint density at radius 1 is 0.881 bits per heavy atom. The highest BCUT2D eigenvalue weighted by molar-refractivity contribution is 6.08. The molecule has 8 heteroatoms. The number of nitrogens with zero attached hydrogens (tertiary/aromatic N) is 1. The average molecular weight is 558 g/mol. The molecule has 8 nitrogen and oxygen atoms in total. The Bertz CT molecular complexity index is 1790. The van der Waals surface area contributed by atoms with Crippen LogP contribution >= 0.6 is 0 Å². The topological polar surface area (TPSA) is 123 Å². The highest BCUT2D eigenvalue weighted by atomic mass is 16.3. The number of rotatable bonds is 5. The van der Waals surface area contributed by atoms with Crippen LogP contribution in [0.15, 0.2) is 89.3 Å². The van der Waals surface area contributed by atoms with Crippen molar-refractivity contribution in [3.63, 3.8) is 0 Å². The van der Waals surface area contributed by atoms with E-state index in [4.69, 9.17) is 10.2 Å². The lowest BCUT2D eigenvalue weighted by Gasteiger charge is -2.39. The van der Waals surface area contributed by atoms with Gasteiger partial charge in [0, 0.05) is 41.8 Å². The molecule has 3 amide bonds. The Labute approximate surface area is 242 Å². The number of hydrogen-bond acceptors (Lipinski definition) is 5. The molecule has 0 saturated carbocycles. The number of nitrogens with one attached hydrogen (secondary N) is 1. The standard InChI is InChI=1S/C34H27N3O5/c35-31(39)26-9-5-4-8-25(26)29(38)21-23-11-14-27-28(20-23)34(36-32(27)40)16-18-37(19-17-34)33(41)30-15-13-24(42-30)12-10-22-6-2-1-3-7-22/h1-9,11,13-15,20H,16-19,21H2,(H2,35,39)(H,36,40). The zero-order chi connectivity index (χ0) is 29.3. The van der Waals surface area contributed by atoms with Crippen LogP contribution in [0.1, 0.15) is 76.9 Å². The van der Waals surface area contributed by atoms with Gasteiger partial charge in [-0.15, -0.1) is 0 Å². The van der Waals surface area contributed by atoms with Crippen molar-refractivity contribution < 1.29 is 23.6 Å². The zero-order valence-electron chi connectivity index (χ0n) is 22.7. The fourth-order valence-corrected chi connectivity index (χ4v) is 5.69. The molecule has 0 aliphatic carbocycles. The molecule has 0 radical (unpaired) electrons. The minimum absolute atomic E-state index is 0.0560. The number of nitrogens with two attached hydrogens (primary N) is 1. The number of ketones is 1. The Hall–Kier alpha value is -5.42. The molecular weight excluding hydrogens is 530 g/mol. The van der Waals surface area contributed by atoms with E-state index in [-0.39, 0.29) is 40.9 Å². The first kappa shape index (κ1) is 26.8. The fourth-order valence-electron chi connectivity index (χ4n) is 5.69. The number of primary amides is 1. The second kappa shape index (κ2) is 10.9. The Morgan fingerprint density at radius 3 is 2.33 bits per heavy atom. The van der Waals surface area contributed by atoms with E-state index in [0.29, 0.717) is 37.3 Å². The summed E-state index contributed by atoms with van der Waals surface area (Å²) in [6, 6.07) is 24.7. The SMILES string of the molecule is NC(=O)c1ccccc1C(=O)Cc1ccc2c(c1)C1(CCN(C(=O)c3ccc(C#Cc4ccccc4)o3)CC1)NC2=O. The van der Waals surface area contributed by atoms with Crippen LogP contribution in [0, 0.1) is 11.8 Å². The highest BCUT2D eigenvalue weighted by Crippen LogP contribution is 2.40. The molecule has 42 heavy (non-hydrogen) atoms. The second-order valence-electron chi connectivity index (χ2n) is 10.5. The third kappa shape index (κ3) is 5.08. The number of carbonyl (C=O) groups excluding carboxylic acids is 4. The predicted octanol–water partition coefficient (Wildman–Crippen LogP) is 4.08. The summed E-state index contributed by atoms with van der Waals surface area (Å²) in [6.07, 6.45) is 1.09. The lowest BCUT2D eigenvalue weighted by molar-refractivity contribution is 0.0605. The van der Waals surface area contributed by atoms with Crippen LogP contribution in [0.25, 0.3) is 0 Å². The normalized spacial score (nSPS) is 15.0. The van der Waals surface area contributed by atoms with Crippen molar-refractivity contribution in [1.29, 1.82) is 0 Å². The van der Waals surface area contributed by atoms with E-state index in [1.54, 1.807) is 47.4 Å². The average Bonchev–Trinajstić information content (AvgIpc) is 3.59. The second-order valence-corrected chi connectivity index (χ2v) is 10.5. The van der Waals surface area contributed by atoms with Crippen LogP contribution in [0.3, 0.4) is 0 Å². The number of benzene rings is 3. The number of fused-ring (bicyclic) bond motifs is 2. The molecule has 1 spiro atoms. The molecule has 0 unspecified atom stereocenters. The smallest absolute Gasteiger partial charge is 0.289 e. The summed E-state index contributed by atoms with van der Waals surface area (Å²) in [5, 5.41) is 3.14. The van der Waals surface area contributed by atoms with Gasteiger partial charge in [-0.2, -0.15) is 0 Å². The molecule has 1 fully saturated rings. The van der Waals surface area contributed by atoms with Crippen molar-refractivity contribution in [2.75, 3.05) is 13.1 Å². The fraction of sp³-hybridized carbons (Fsp3) is 0.176. The van der Waals surface area contributed by atoms with E-state index >= 15 is 0 Å². The third-order valence-corrected chi connectivity index (χ3v) is 7.88. The lowest BCUT2D eigenvalue weighted by Crippen LogP contribution is -2.50. The van der Waals surface area contributed by atoms with E-state index in [0.717, 1.165) is 16.7 Å². The van der Waals surface area contributed by atoms with Crippen LogP contribution < -0.4 is 11.1 Å². The maximum atomic E-state index is 13.2. The Morgan fingerprint density at radius 2 is 1.60 bits per heavy atom. The van der Waals surface area contributed by atoms with Gasteiger partial charge in [0.05, 0.1) is 5.54 Å². The minimum atomic E-state index is -0.658. The molecule has 0 bridgehead atoms. The number of hydrogen-bond donors (Lipinski definition) is 2. The van der Waals surface area contributed by atoms with E-state index in [1.165, 1.54) is 6.07 Å². The maximum Gasteiger partial charge on any atom is 0.289 e. The number of Topliss-reactive ketones (excluding diaryl/α,β-unsaturated/α-hetero) is 1. The van der Waals surface area contributed by atoms with Crippen LogP contribution in [-0.2, 0) is 12.0 Å². The van der Waals surface area contributed by atoms with Gasteiger partial charge in [-0.05, 0) is 66.3 Å². The predicted molar refractivity (Wildman–Crippen MR) is 155 cm³/mol. The zero-order valence-corrected chi connectivity index (χ0v) is 22.7.